The zero-order valence-corrected chi connectivity index (χ0v) is 12.5. The molecular formula is C14H25NO4. The first kappa shape index (κ1) is 16.0. The minimum atomic E-state index is -0.657. The van der Waals surface area contributed by atoms with Crippen molar-refractivity contribution in [2.24, 2.45) is 5.92 Å². The Hall–Kier alpha value is -1.10. The van der Waals surface area contributed by atoms with Crippen molar-refractivity contribution in [3.8, 4) is 0 Å². The molecule has 2 amide bonds. The molecular weight excluding hydrogens is 246 g/mol. The third-order valence-electron chi connectivity index (χ3n) is 2.92. The summed E-state index contributed by atoms with van der Waals surface area (Å²) < 4.78 is 5.28. The van der Waals surface area contributed by atoms with Gasteiger partial charge in [0.2, 0.25) is 5.91 Å². The van der Waals surface area contributed by atoms with Crippen LogP contribution in [0.5, 0.6) is 0 Å². The first-order chi connectivity index (χ1) is 8.60. The van der Waals surface area contributed by atoms with Gasteiger partial charge >= 0.3 is 6.09 Å². The lowest BCUT2D eigenvalue weighted by molar-refractivity contribution is -0.139. The van der Waals surface area contributed by atoms with Crippen LogP contribution >= 0.6 is 0 Å². The van der Waals surface area contributed by atoms with E-state index in [0.717, 1.165) is 0 Å². The molecule has 5 nitrogen and oxygen atoms in total. The van der Waals surface area contributed by atoms with E-state index in [-0.39, 0.29) is 18.4 Å². The topological polar surface area (TPSA) is 66.8 Å². The number of likely N-dealkylation sites (tertiary alicyclic amines) is 1. The van der Waals surface area contributed by atoms with Crippen LogP contribution in [0.3, 0.4) is 0 Å². The summed E-state index contributed by atoms with van der Waals surface area (Å²) >= 11 is 0. The fourth-order valence-electron chi connectivity index (χ4n) is 2.31. The molecule has 1 aliphatic rings. The highest BCUT2D eigenvalue weighted by Gasteiger charge is 2.39. The largest absolute Gasteiger partial charge is 0.443 e. The van der Waals surface area contributed by atoms with Crippen LogP contribution in [0.1, 0.15) is 53.9 Å². The lowest BCUT2D eigenvalue weighted by Gasteiger charge is -2.37. The van der Waals surface area contributed by atoms with Crippen LogP contribution in [0.4, 0.5) is 4.79 Å². The number of rotatable bonds is 2. The van der Waals surface area contributed by atoms with E-state index in [1.165, 1.54) is 4.90 Å². The van der Waals surface area contributed by atoms with Gasteiger partial charge in [0.25, 0.3) is 0 Å². The SMILES string of the molecule is CC(C)C[C@H]1C[C@@H](O)CC(=O)N1C(=O)OC(C)(C)C. The number of hydrogen-bond acceptors (Lipinski definition) is 4. The fourth-order valence-corrected chi connectivity index (χ4v) is 2.31. The molecule has 0 radical (unpaired) electrons. The molecule has 2 atom stereocenters. The number of ether oxygens (including phenoxy) is 1. The van der Waals surface area contributed by atoms with Gasteiger partial charge < -0.3 is 9.84 Å². The van der Waals surface area contributed by atoms with Crippen molar-refractivity contribution >= 4 is 12.0 Å². The first-order valence-corrected chi connectivity index (χ1v) is 6.83. The number of carbonyl (C=O) groups excluding carboxylic acids is 2. The Morgan fingerprint density at radius 2 is 2.05 bits per heavy atom. The van der Waals surface area contributed by atoms with Crippen molar-refractivity contribution in [2.75, 3.05) is 0 Å². The van der Waals surface area contributed by atoms with Gasteiger partial charge in [0.15, 0.2) is 0 Å². The highest BCUT2D eigenvalue weighted by Crippen LogP contribution is 2.26. The zero-order valence-electron chi connectivity index (χ0n) is 12.5. The summed E-state index contributed by atoms with van der Waals surface area (Å²) in [4.78, 5) is 25.3. The molecule has 0 unspecified atom stereocenters. The highest BCUT2D eigenvalue weighted by molar-refractivity contribution is 5.93. The number of aliphatic hydroxyl groups excluding tert-OH is 1. The second kappa shape index (κ2) is 5.90. The summed E-state index contributed by atoms with van der Waals surface area (Å²) in [6, 6.07) is -0.272. The quantitative estimate of drug-likeness (QED) is 0.837. The van der Waals surface area contributed by atoms with Gasteiger partial charge in [0.05, 0.1) is 12.5 Å². The van der Waals surface area contributed by atoms with Crippen LogP contribution in [0.15, 0.2) is 0 Å². The molecule has 0 aromatic carbocycles. The number of amides is 2. The van der Waals surface area contributed by atoms with Crippen molar-refractivity contribution in [1.29, 1.82) is 0 Å². The average molecular weight is 271 g/mol. The summed E-state index contributed by atoms with van der Waals surface area (Å²) in [5.74, 6) is -0.00770. The van der Waals surface area contributed by atoms with Gasteiger partial charge in [-0.05, 0) is 39.5 Å². The molecule has 0 aromatic rings. The van der Waals surface area contributed by atoms with Crippen LogP contribution in [-0.4, -0.2) is 39.8 Å². The number of aliphatic hydroxyl groups is 1. The average Bonchev–Trinajstić information content (AvgIpc) is 2.10. The van der Waals surface area contributed by atoms with Crippen molar-refractivity contribution in [1.82, 2.24) is 4.90 Å². The Labute approximate surface area is 114 Å². The van der Waals surface area contributed by atoms with E-state index in [1.807, 2.05) is 13.8 Å². The van der Waals surface area contributed by atoms with Crippen molar-refractivity contribution in [2.45, 2.75) is 71.6 Å². The third kappa shape index (κ3) is 4.82. The van der Waals surface area contributed by atoms with Gasteiger partial charge in [0.1, 0.15) is 5.60 Å². The fraction of sp³-hybridized carbons (Fsp3) is 0.857. The molecule has 1 fully saturated rings. The predicted molar refractivity (Wildman–Crippen MR) is 71.6 cm³/mol. The molecule has 1 N–H and O–H groups in total. The van der Waals surface area contributed by atoms with Crippen LogP contribution in [0, 0.1) is 5.92 Å². The molecule has 1 heterocycles. The Bertz CT molecular complexity index is 344. The van der Waals surface area contributed by atoms with Gasteiger partial charge in [-0.15, -0.1) is 0 Å². The summed E-state index contributed by atoms with van der Waals surface area (Å²) in [5, 5.41) is 9.70. The van der Waals surface area contributed by atoms with Crippen molar-refractivity contribution in [3.05, 3.63) is 0 Å². The molecule has 19 heavy (non-hydrogen) atoms. The van der Waals surface area contributed by atoms with Gasteiger partial charge in [0, 0.05) is 6.04 Å². The molecule has 1 saturated heterocycles. The second-order valence-corrected chi connectivity index (χ2v) is 6.62. The molecule has 0 aromatic heterocycles. The van der Waals surface area contributed by atoms with Crippen molar-refractivity contribution < 1.29 is 19.4 Å². The Balaban J connectivity index is 2.85. The lowest BCUT2D eigenvalue weighted by atomic mass is 9.92. The highest BCUT2D eigenvalue weighted by atomic mass is 16.6. The molecule has 1 rings (SSSR count). The van der Waals surface area contributed by atoms with Crippen LogP contribution in [-0.2, 0) is 9.53 Å². The summed E-state index contributed by atoms with van der Waals surface area (Å²) in [5.41, 5.74) is -0.629. The molecule has 0 bridgehead atoms. The van der Waals surface area contributed by atoms with E-state index in [0.29, 0.717) is 18.8 Å². The number of carbonyl (C=O) groups is 2. The summed E-state index contributed by atoms with van der Waals surface area (Å²) in [7, 11) is 0. The minimum Gasteiger partial charge on any atom is -0.443 e. The van der Waals surface area contributed by atoms with Gasteiger partial charge in [-0.2, -0.15) is 0 Å². The number of piperidine rings is 1. The Morgan fingerprint density at radius 1 is 1.47 bits per heavy atom. The van der Waals surface area contributed by atoms with E-state index in [4.69, 9.17) is 4.74 Å². The molecule has 5 heteroatoms. The number of imide groups is 1. The smallest absolute Gasteiger partial charge is 0.417 e. The van der Waals surface area contributed by atoms with E-state index in [1.54, 1.807) is 20.8 Å². The number of nitrogens with zero attached hydrogens (tertiary/aromatic N) is 1. The van der Waals surface area contributed by atoms with Gasteiger partial charge in [-0.3, -0.25) is 4.79 Å². The normalized spacial score (nSPS) is 24.8. The zero-order chi connectivity index (χ0) is 14.8. The predicted octanol–water partition coefficient (Wildman–Crippen LogP) is 2.32. The Morgan fingerprint density at radius 3 is 2.53 bits per heavy atom. The van der Waals surface area contributed by atoms with Gasteiger partial charge in [-0.25, -0.2) is 9.69 Å². The Kier molecular flexibility index (Phi) is 4.96. The molecule has 110 valence electrons. The van der Waals surface area contributed by atoms with E-state index in [2.05, 4.69) is 0 Å². The standard InChI is InChI=1S/C14H25NO4/c1-9(2)6-10-7-11(16)8-12(17)15(10)13(18)19-14(3,4)5/h9-11,16H,6-8H2,1-5H3/t10-,11+/m0/s1. The lowest BCUT2D eigenvalue weighted by Crippen LogP contribution is -2.52. The molecule has 0 aliphatic carbocycles. The van der Waals surface area contributed by atoms with Crippen molar-refractivity contribution in [3.63, 3.8) is 0 Å². The van der Waals surface area contributed by atoms with E-state index >= 15 is 0 Å². The first-order valence-electron chi connectivity index (χ1n) is 6.83. The third-order valence-corrected chi connectivity index (χ3v) is 2.92. The van der Waals surface area contributed by atoms with Crippen LogP contribution < -0.4 is 0 Å². The van der Waals surface area contributed by atoms with Crippen LogP contribution in [0.2, 0.25) is 0 Å². The van der Waals surface area contributed by atoms with E-state index in [9.17, 15) is 14.7 Å². The maximum atomic E-state index is 12.1. The minimum absolute atomic E-state index is 0.00611. The second-order valence-electron chi connectivity index (χ2n) is 6.62. The maximum Gasteiger partial charge on any atom is 0.417 e. The summed E-state index contributed by atoms with van der Waals surface area (Å²) in [6.45, 7) is 9.36. The summed E-state index contributed by atoms with van der Waals surface area (Å²) in [6.07, 6.45) is -0.149. The van der Waals surface area contributed by atoms with Crippen LogP contribution in [0.25, 0.3) is 0 Å². The number of hydrogen-bond donors (Lipinski definition) is 1. The monoisotopic (exact) mass is 271 g/mol. The molecule has 0 saturated carbocycles. The molecule has 0 spiro atoms. The van der Waals surface area contributed by atoms with Gasteiger partial charge in [-0.1, -0.05) is 13.8 Å². The maximum absolute atomic E-state index is 12.1. The molecule has 1 aliphatic heterocycles. The van der Waals surface area contributed by atoms with E-state index < -0.39 is 17.8 Å².